The van der Waals surface area contributed by atoms with Crippen LogP contribution >= 0.6 is 0 Å². The van der Waals surface area contributed by atoms with Crippen molar-refractivity contribution in [3.8, 4) is 0 Å². The van der Waals surface area contributed by atoms with E-state index in [0.717, 1.165) is 32.7 Å². The molecule has 1 aliphatic rings. The van der Waals surface area contributed by atoms with Gasteiger partial charge in [0.25, 0.3) is 5.56 Å². The highest BCUT2D eigenvalue weighted by atomic mass is 16.1. The Morgan fingerprint density at radius 1 is 1.29 bits per heavy atom. The van der Waals surface area contributed by atoms with Gasteiger partial charge in [-0.05, 0) is 19.4 Å². The van der Waals surface area contributed by atoms with Crippen molar-refractivity contribution in [2.45, 2.75) is 26.4 Å². The molecule has 0 spiro atoms. The summed E-state index contributed by atoms with van der Waals surface area (Å²) in [4.78, 5) is 14.1. The highest BCUT2D eigenvalue weighted by Crippen LogP contribution is 2.07. The van der Waals surface area contributed by atoms with Crippen LogP contribution in [0.25, 0.3) is 0 Å². The summed E-state index contributed by atoms with van der Waals surface area (Å²) >= 11 is 0. The molecule has 1 aromatic rings. The Labute approximate surface area is 102 Å². The van der Waals surface area contributed by atoms with Crippen molar-refractivity contribution < 1.29 is 0 Å². The molecule has 4 nitrogen and oxygen atoms in total. The van der Waals surface area contributed by atoms with Gasteiger partial charge in [0, 0.05) is 51.0 Å². The van der Waals surface area contributed by atoms with Crippen LogP contribution in [0.3, 0.4) is 0 Å². The van der Waals surface area contributed by atoms with Crippen molar-refractivity contribution in [3.05, 3.63) is 34.2 Å². The molecule has 0 amide bonds. The van der Waals surface area contributed by atoms with Crippen molar-refractivity contribution in [2.24, 2.45) is 0 Å². The first-order chi connectivity index (χ1) is 8.16. The highest BCUT2D eigenvalue weighted by Gasteiger charge is 2.10. The standard InChI is InChI=1S/C13H21N3O/c1-11(2)16-10-12(3-4-13(16)17)9-15-7-5-14-6-8-15/h3-4,10-11,14H,5-9H2,1-2H3. The van der Waals surface area contributed by atoms with Gasteiger partial charge in [0.2, 0.25) is 0 Å². The van der Waals surface area contributed by atoms with Crippen molar-refractivity contribution in [1.82, 2.24) is 14.8 Å². The Kier molecular flexibility index (Phi) is 3.97. The second kappa shape index (κ2) is 5.47. The lowest BCUT2D eigenvalue weighted by molar-refractivity contribution is 0.232. The number of hydrogen-bond donors (Lipinski definition) is 1. The van der Waals surface area contributed by atoms with Crippen LogP contribution < -0.4 is 10.9 Å². The van der Waals surface area contributed by atoms with Crippen LogP contribution in [0, 0.1) is 0 Å². The molecular weight excluding hydrogens is 214 g/mol. The summed E-state index contributed by atoms with van der Waals surface area (Å²) in [7, 11) is 0. The van der Waals surface area contributed by atoms with E-state index in [9.17, 15) is 4.79 Å². The smallest absolute Gasteiger partial charge is 0.250 e. The monoisotopic (exact) mass is 235 g/mol. The molecule has 1 saturated heterocycles. The van der Waals surface area contributed by atoms with Gasteiger partial charge in [0.1, 0.15) is 0 Å². The zero-order valence-corrected chi connectivity index (χ0v) is 10.6. The van der Waals surface area contributed by atoms with Crippen molar-refractivity contribution in [3.63, 3.8) is 0 Å². The number of rotatable bonds is 3. The largest absolute Gasteiger partial charge is 0.314 e. The van der Waals surface area contributed by atoms with Crippen LogP contribution in [-0.2, 0) is 6.54 Å². The van der Waals surface area contributed by atoms with E-state index in [1.54, 1.807) is 10.6 Å². The Bertz CT molecular complexity index is 419. The molecule has 4 heteroatoms. The maximum Gasteiger partial charge on any atom is 0.250 e. The summed E-state index contributed by atoms with van der Waals surface area (Å²) in [5.41, 5.74) is 1.31. The van der Waals surface area contributed by atoms with Crippen LogP contribution in [0.5, 0.6) is 0 Å². The molecule has 0 aromatic carbocycles. The topological polar surface area (TPSA) is 37.3 Å². The molecule has 2 heterocycles. The van der Waals surface area contributed by atoms with E-state index >= 15 is 0 Å². The SMILES string of the molecule is CC(C)n1cc(CN2CCNCC2)ccc1=O. The van der Waals surface area contributed by atoms with Crippen molar-refractivity contribution in [1.29, 1.82) is 0 Å². The molecule has 2 rings (SSSR count). The number of nitrogens with one attached hydrogen (secondary N) is 1. The van der Waals surface area contributed by atoms with Gasteiger partial charge >= 0.3 is 0 Å². The van der Waals surface area contributed by atoms with Gasteiger partial charge in [-0.3, -0.25) is 9.69 Å². The summed E-state index contributed by atoms with van der Waals surface area (Å²) in [5.74, 6) is 0. The molecule has 0 atom stereocenters. The molecule has 0 bridgehead atoms. The summed E-state index contributed by atoms with van der Waals surface area (Å²) in [5, 5.41) is 3.34. The van der Waals surface area contributed by atoms with E-state index in [4.69, 9.17) is 0 Å². The van der Waals surface area contributed by atoms with Crippen LogP contribution in [-0.4, -0.2) is 35.6 Å². The second-order valence-electron chi connectivity index (χ2n) is 4.90. The van der Waals surface area contributed by atoms with Gasteiger partial charge in [0.15, 0.2) is 0 Å². The van der Waals surface area contributed by atoms with Gasteiger partial charge < -0.3 is 9.88 Å². The molecule has 94 valence electrons. The first kappa shape index (κ1) is 12.3. The van der Waals surface area contributed by atoms with Gasteiger partial charge in [-0.2, -0.15) is 0 Å². The number of hydrogen-bond acceptors (Lipinski definition) is 3. The fourth-order valence-electron chi connectivity index (χ4n) is 2.17. The van der Waals surface area contributed by atoms with Gasteiger partial charge in [-0.25, -0.2) is 0 Å². The van der Waals surface area contributed by atoms with Gasteiger partial charge in [0.05, 0.1) is 0 Å². The van der Waals surface area contributed by atoms with Crippen molar-refractivity contribution >= 4 is 0 Å². The maximum atomic E-state index is 11.6. The quantitative estimate of drug-likeness (QED) is 0.843. The van der Waals surface area contributed by atoms with E-state index in [-0.39, 0.29) is 11.6 Å². The van der Waals surface area contributed by atoms with Crippen LogP contribution in [0.2, 0.25) is 0 Å². The average molecular weight is 235 g/mol. The van der Waals surface area contributed by atoms with E-state index in [0.29, 0.717) is 0 Å². The Balaban J connectivity index is 2.10. The summed E-state index contributed by atoms with van der Waals surface area (Å²) in [6.45, 7) is 9.30. The molecule has 1 aromatic heterocycles. The first-order valence-electron chi connectivity index (χ1n) is 6.31. The Morgan fingerprint density at radius 3 is 2.65 bits per heavy atom. The number of pyridine rings is 1. The molecule has 1 aliphatic heterocycles. The normalized spacial score (nSPS) is 17.6. The van der Waals surface area contributed by atoms with E-state index in [2.05, 4.69) is 10.2 Å². The first-order valence-corrected chi connectivity index (χ1v) is 6.31. The molecule has 0 unspecified atom stereocenters. The highest BCUT2D eigenvalue weighted by molar-refractivity contribution is 5.10. The lowest BCUT2D eigenvalue weighted by Gasteiger charge is -2.27. The zero-order valence-electron chi connectivity index (χ0n) is 10.6. The summed E-state index contributed by atoms with van der Waals surface area (Å²) in [6.07, 6.45) is 2.00. The predicted octanol–water partition coefficient (Wildman–Crippen LogP) is 0.834. The lowest BCUT2D eigenvalue weighted by Crippen LogP contribution is -2.43. The molecule has 0 aliphatic carbocycles. The fourth-order valence-corrected chi connectivity index (χ4v) is 2.17. The predicted molar refractivity (Wildman–Crippen MR) is 69.2 cm³/mol. The second-order valence-corrected chi connectivity index (χ2v) is 4.90. The third kappa shape index (κ3) is 3.17. The fraction of sp³-hybridized carbons (Fsp3) is 0.615. The third-order valence-electron chi connectivity index (χ3n) is 3.17. The van der Waals surface area contributed by atoms with Crippen LogP contribution in [0.1, 0.15) is 25.5 Å². The minimum atomic E-state index is 0.0871. The van der Waals surface area contributed by atoms with E-state index in [1.165, 1.54) is 5.56 Å². The Hall–Kier alpha value is -1.13. The van der Waals surface area contributed by atoms with Gasteiger partial charge in [-0.1, -0.05) is 6.07 Å². The average Bonchev–Trinajstić information content (AvgIpc) is 2.32. The zero-order chi connectivity index (χ0) is 12.3. The summed E-state index contributed by atoms with van der Waals surface area (Å²) < 4.78 is 1.80. The molecular formula is C13H21N3O. The molecule has 0 saturated carbocycles. The number of piperazine rings is 1. The third-order valence-corrected chi connectivity index (χ3v) is 3.17. The Morgan fingerprint density at radius 2 is 2.00 bits per heavy atom. The molecule has 17 heavy (non-hydrogen) atoms. The molecule has 1 N–H and O–H groups in total. The number of aromatic nitrogens is 1. The number of nitrogens with zero attached hydrogens (tertiary/aromatic N) is 2. The molecule has 0 radical (unpaired) electrons. The van der Waals surface area contributed by atoms with Gasteiger partial charge in [-0.15, -0.1) is 0 Å². The van der Waals surface area contributed by atoms with E-state index < -0.39 is 0 Å². The minimum absolute atomic E-state index is 0.0871. The minimum Gasteiger partial charge on any atom is -0.314 e. The summed E-state index contributed by atoms with van der Waals surface area (Å²) in [6, 6.07) is 3.85. The van der Waals surface area contributed by atoms with Crippen molar-refractivity contribution in [2.75, 3.05) is 26.2 Å². The van der Waals surface area contributed by atoms with E-state index in [1.807, 2.05) is 26.1 Å². The molecule has 1 fully saturated rings. The van der Waals surface area contributed by atoms with Crippen LogP contribution in [0.4, 0.5) is 0 Å². The lowest BCUT2D eigenvalue weighted by atomic mass is 10.2. The maximum absolute atomic E-state index is 11.6. The van der Waals surface area contributed by atoms with Crippen LogP contribution in [0.15, 0.2) is 23.1 Å².